The molecule has 0 radical (unpaired) electrons. The van der Waals surface area contributed by atoms with Crippen molar-refractivity contribution in [2.24, 2.45) is 5.41 Å². The van der Waals surface area contributed by atoms with Gasteiger partial charge in [-0.2, -0.15) is 0 Å². The van der Waals surface area contributed by atoms with Crippen LogP contribution in [-0.4, -0.2) is 30.0 Å². The monoisotopic (exact) mass is 325 g/mol. The van der Waals surface area contributed by atoms with Crippen LogP contribution < -0.4 is 0 Å². The molecule has 2 rings (SSSR count). The van der Waals surface area contributed by atoms with E-state index in [0.29, 0.717) is 13.0 Å². The first-order valence-corrected chi connectivity index (χ1v) is 8.08. The Bertz CT molecular complexity index is 554. The minimum Gasteiger partial charge on any atom is -0.372 e. The SMILES string of the molecule is CC(C)(C)CC(=O)N1CCC[C@H](OCc2cccc(F)c2F)C1. The number of likely N-dealkylation sites (tertiary alicyclic amines) is 1. The highest BCUT2D eigenvalue weighted by atomic mass is 19.2. The third-order valence-electron chi connectivity index (χ3n) is 3.92. The van der Waals surface area contributed by atoms with Crippen LogP contribution >= 0.6 is 0 Å². The molecule has 1 aliphatic heterocycles. The van der Waals surface area contributed by atoms with Crippen molar-refractivity contribution >= 4 is 5.91 Å². The van der Waals surface area contributed by atoms with E-state index >= 15 is 0 Å². The van der Waals surface area contributed by atoms with Crippen molar-refractivity contribution in [1.82, 2.24) is 4.90 Å². The number of rotatable bonds is 4. The van der Waals surface area contributed by atoms with Gasteiger partial charge in [0.2, 0.25) is 5.91 Å². The highest BCUT2D eigenvalue weighted by molar-refractivity contribution is 5.76. The number of amides is 1. The summed E-state index contributed by atoms with van der Waals surface area (Å²) >= 11 is 0. The Kier molecular flexibility index (Phi) is 5.74. The smallest absolute Gasteiger partial charge is 0.223 e. The second-order valence-corrected chi connectivity index (χ2v) is 7.37. The van der Waals surface area contributed by atoms with Crippen molar-refractivity contribution in [3.63, 3.8) is 0 Å². The molecule has 1 saturated heterocycles. The first kappa shape index (κ1) is 17.9. The van der Waals surface area contributed by atoms with Gasteiger partial charge in [-0.15, -0.1) is 0 Å². The lowest BCUT2D eigenvalue weighted by molar-refractivity contribution is -0.137. The van der Waals surface area contributed by atoms with Crippen LogP contribution in [0.4, 0.5) is 8.78 Å². The third-order valence-corrected chi connectivity index (χ3v) is 3.92. The molecule has 128 valence electrons. The van der Waals surface area contributed by atoms with Gasteiger partial charge in [-0.25, -0.2) is 8.78 Å². The maximum absolute atomic E-state index is 13.6. The fourth-order valence-corrected chi connectivity index (χ4v) is 2.73. The van der Waals surface area contributed by atoms with E-state index in [-0.39, 0.29) is 29.6 Å². The molecule has 1 aromatic carbocycles. The van der Waals surface area contributed by atoms with Crippen molar-refractivity contribution in [1.29, 1.82) is 0 Å². The maximum atomic E-state index is 13.6. The Morgan fingerprint density at radius 1 is 1.35 bits per heavy atom. The molecule has 0 saturated carbocycles. The Labute approximate surface area is 136 Å². The van der Waals surface area contributed by atoms with Crippen molar-refractivity contribution < 1.29 is 18.3 Å². The van der Waals surface area contributed by atoms with Gasteiger partial charge in [-0.05, 0) is 24.3 Å². The van der Waals surface area contributed by atoms with Crippen molar-refractivity contribution in [2.45, 2.75) is 52.7 Å². The van der Waals surface area contributed by atoms with E-state index in [9.17, 15) is 13.6 Å². The molecule has 1 fully saturated rings. The quantitative estimate of drug-likeness (QED) is 0.840. The predicted molar refractivity (Wildman–Crippen MR) is 84.8 cm³/mol. The number of carbonyl (C=O) groups excluding carboxylic acids is 1. The molecular formula is C18H25F2NO2. The fourth-order valence-electron chi connectivity index (χ4n) is 2.73. The van der Waals surface area contributed by atoms with Crippen LogP contribution in [-0.2, 0) is 16.1 Å². The molecule has 3 nitrogen and oxygen atoms in total. The lowest BCUT2D eigenvalue weighted by Crippen LogP contribution is -2.44. The number of hydrogen-bond donors (Lipinski definition) is 0. The van der Waals surface area contributed by atoms with Gasteiger partial charge < -0.3 is 9.64 Å². The normalized spacial score (nSPS) is 19.0. The summed E-state index contributed by atoms with van der Waals surface area (Å²) in [5.41, 5.74) is 0.165. The molecule has 1 aliphatic rings. The highest BCUT2D eigenvalue weighted by Gasteiger charge is 2.27. The predicted octanol–water partition coefficient (Wildman–Crippen LogP) is 3.91. The van der Waals surface area contributed by atoms with Gasteiger partial charge in [0.25, 0.3) is 0 Å². The number of carbonyl (C=O) groups is 1. The molecular weight excluding hydrogens is 300 g/mol. The number of nitrogens with zero attached hydrogens (tertiary/aromatic N) is 1. The summed E-state index contributed by atoms with van der Waals surface area (Å²) in [6, 6.07) is 4.08. The molecule has 0 unspecified atom stereocenters. The zero-order valence-electron chi connectivity index (χ0n) is 14.1. The molecule has 1 heterocycles. The van der Waals surface area contributed by atoms with Crippen molar-refractivity contribution in [3.05, 3.63) is 35.4 Å². The number of halogens is 2. The molecule has 0 aliphatic carbocycles. The van der Waals surface area contributed by atoms with E-state index < -0.39 is 11.6 Å². The topological polar surface area (TPSA) is 29.5 Å². The molecule has 1 aromatic rings. The maximum Gasteiger partial charge on any atom is 0.223 e. The van der Waals surface area contributed by atoms with Crippen molar-refractivity contribution in [3.8, 4) is 0 Å². The van der Waals surface area contributed by atoms with E-state index in [0.717, 1.165) is 25.5 Å². The van der Waals surface area contributed by atoms with E-state index in [1.807, 2.05) is 25.7 Å². The van der Waals surface area contributed by atoms with E-state index in [1.165, 1.54) is 12.1 Å². The van der Waals surface area contributed by atoms with Gasteiger partial charge in [-0.1, -0.05) is 32.9 Å². The van der Waals surface area contributed by atoms with Crippen molar-refractivity contribution in [2.75, 3.05) is 13.1 Å². The number of benzene rings is 1. The minimum absolute atomic E-state index is 0.0234. The van der Waals surface area contributed by atoms with Crippen LogP contribution in [0.15, 0.2) is 18.2 Å². The highest BCUT2D eigenvalue weighted by Crippen LogP contribution is 2.23. The summed E-state index contributed by atoms with van der Waals surface area (Å²) < 4.78 is 32.5. The number of hydrogen-bond acceptors (Lipinski definition) is 2. The Hall–Kier alpha value is -1.49. The van der Waals surface area contributed by atoms with Gasteiger partial charge in [0.1, 0.15) is 0 Å². The van der Waals surface area contributed by atoms with Crippen LogP contribution in [0.5, 0.6) is 0 Å². The van der Waals surface area contributed by atoms with Crippen LogP contribution in [0.25, 0.3) is 0 Å². The minimum atomic E-state index is -0.864. The van der Waals surface area contributed by atoms with Crippen LogP contribution in [0, 0.1) is 17.0 Å². The third kappa shape index (κ3) is 5.27. The van der Waals surface area contributed by atoms with Gasteiger partial charge in [-0.3, -0.25) is 4.79 Å². The van der Waals surface area contributed by atoms with Gasteiger partial charge in [0.15, 0.2) is 11.6 Å². The fraction of sp³-hybridized carbons (Fsp3) is 0.611. The molecule has 0 N–H and O–H groups in total. The van der Waals surface area contributed by atoms with Gasteiger partial charge in [0.05, 0.1) is 12.7 Å². The second-order valence-electron chi connectivity index (χ2n) is 7.37. The van der Waals surface area contributed by atoms with Gasteiger partial charge in [0, 0.05) is 25.1 Å². The molecule has 0 spiro atoms. The van der Waals surface area contributed by atoms with E-state index in [4.69, 9.17) is 4.74 Å². The second kappa shape index (κ2) is 7.39. The van der Waals surface area contributed by atoms with Crippen LogP contribution in [0.3, 0.4) is 0 Å². The Morgan fingerprint density at radius 2 is 2.09 bits per heavy atom. The Morgan fingerprint density at radius 3 is 2.78 bits per heavy atom. The average Bonchev–Trinajstić information content (AvgIpc) is 2.47. The molecule has 0 bridgehead atoms. The largest absolute Gasteiger partial charge is 0.372 e. The molecule has 1 amide bonds. The van der Waals surface area contributed by atoms with E-state index in [2.05, 4.69) is 0 Å². The summed E-state index contributed by atoms with van der Waals surface area (Å²) in [7, 11) is 0. The zero-order valence-corrected chi connectivity index (χ0v) is 14.1. The summed E-state index contributed by atoms with van der Waals surface area (Å²) in [4.78, 5) is 14.1. The lowest BCUT2D eigenvalue weighted by Gasteiger charge is -2.34. The average molecular weight is 325 g/mol. The summed E-state index contributed by atoms with van der Waals surface area (Å²) in [6.07, 6.45) is 2.07. The van der Waals surface area contributed by atoms with Crippen LogP contribution in [0.1, 0.15) is 45.6 Å². The van der Waals surface area contributed by atoms with Crippen LogP contribution in [0.2, 0.25) is 0 Å². The summed E-state index contributed by atoms with van der Waals surface area (Å²) in [5.74, 6) is -1.59. The lowest BCUT2D eigenvalue weighted by atomic mass is 9.91. The number of piperidine rings is 1. The molecule has 0 aromatic heterocycles. The standard InChI is InChI=1S/C18H25F2NO2/c1-18(2,3)10-16(22)21-9-5-7-14(11-21)23-12-13-6-4-8-15(19)17(13)20/h4,6,8,14H,5,7,9-12H2,1-3H3/t14-/m0/s1. The zero-order chi connectivity index (χ0) is 17.0. The number of ether oxygens (including phenoxy) is 1. The molecule has 5 heteroatoms. The Balaban J connectivity index is 1.89. The first-order chi connectivity index (χ1) is 10.8. The first-order valence-electron chi connectivity index (χ1n) is 8.08. The molecule has 1 atom stereocenters. The molecule has 23 heavy (non-hydrogen) atoms. The van der Waals surface area contributed by atoms with Gasteiger partial charge >= 0.3 is 0 Å². The van der Waals surface area contributed by atoms with E-state index in [1.54, 1.807) is 0 Å². The summed E-state index contributed by atoms with van der Waals surface area (Å²) in [6.45, 7) is 7.39. The summed E-state index contributed by atoms with van der Waals surface area (Å²) in [5, 5.41) is 0.